The number of alkyl halides is 1. The summed E-state index contributed by atoms with van der Waals surface area (Å²) in [6.45, 7) is 0.767. The minimum Gasteiger partial charge on any atom is -0.315 e. The predicted molar refractivity (Wildman–Crippen MR) is 73.6 cm³/mol. The van der Waals surface area contributed by atoms with Crippen molar-refractivity contribution in [3.63, 3.8) is 0 Å². The van der Waals surface area contributed by atoms with E-state index in [1.165, 1.54) is 16.4 Å². The first-order valence-electron chi connectivity index (χ1n) is 6.23. The van der Waals surface area contributed by atoms with Gasteiger partial charge in [-0.3, -0.25) is 0 Å². The van der Waals surface area contributed by atoms with Crippen LogP contribution in [0.25, 0.3) is 0 Å². The smallest absolute Gasteiger partial charge is 0.246 e. The number of halogens is 2. The molecule has 0 N–H and O–H groups in total. The largest absolute Gasteiger partial charge is 0.315 e. The van der Waals surface area contributed by atoms with Gasteiger partial charge in [0, 0.05) is 19.0 Å². The van der Waals surface area contributed by atoms with E-state index in [1.807, 2.05) is 0 Å². The molecule has 0 amide bonds. The van der Waals surface area contributed by atoms with Crippen LogP contribution >= 0.6 is 11.6 Å². The fraction of sp³-hybridized carbons (Fsp3) is 0.333. The van der Waals surface area contributed by atoms with Crippen molar-refractivity contribution < 1.29 is 12.8 Å². The number of hydrogen-bond donors (Lipinski definition) is 0. The van der Waals surface area contributed by atoms with E-state index < -0.39 is 15.8 Å². The van der Waals surface area contributed by atoms with Crippen molar-refractivity contribution >= 4 is 21.6 Å². The van der Waals surface area contributed by atoms with Crippen LogP contribution in [0.3, 0.4) is 0 Å². The molecule has 0 aliphatic carbocycles. The van der Waals surface area contributed by atoms with Gasteiger partial charge in [-0.15, -0.1) is 21.8 Å². The van der Waals surface area contributed by atoms with Gasteiger partial charge in [-0.2, -0.15) is 4.31 Å². The predicted octanol–water partition coefficient (Wildman–Crippen LogP) is 1.36. The number of rotatable bonds is 3. The molecule has 0 fully saturated rings. The van der Waals surface area contributed by atoms with E-state index in [4.69, 9.17) is 11.6 Å². The van der Waals surface area contributed by atoms with Gasteiger partial charge in [0.2, 0.25) is 10.0 Å². The Morgan fingerprint density at radius 1 is 1.33 bits per heavy atom. The number of aromatic nitrogens is 3. The number of benzene rings is 1. The molecular weight excluding hydrogens is 319 g/mol. The van der Waals surface area contributed by atoms with Crippen LogP contribution in [0.5, 0.6) is 0 Å². The fourth-order valence-electron chi connectivity index (χ4n) is 2.22. The zero-order chi connectivity index (χ0) is 15.0. The van der Waals surface area contributed by atoms with Crippen molar-refractivity contribution in [1.82, 2.24) is 19.1 Å². The van der Waals surface area contributed by atoms with Gasteiger partial charge >= 0.3 is 0 Å². The molecule has 2 aromatic rings. The second kappa shape index (κ2) is 5.36. The van der Waals surface area contributed by atoms with Gasteiger partial charge in [-0.25, -0.2) is 12.8 Å². The summed E-state index contributed by atoms with van der Waals surface area (Å²) in [5.41, 5.74) is 0.553. The van der Waals surface area contributed by atoms with Crippen LogP contribution in [0, 0.1) is 5.82 Å². The number of nitrogens with zero attached hydrogens (tertiary/aromatic N) is 4. The quantitative estimate of drug-likeness (QED) is 0.797. The molecule has 0 radical (unpaired) electrons. The van der Waals surface area contributed by atoms with Crippen LogP contribution in [0.1, 0.15) is 11.4 Å². The van der Waals surface area contributed by atoms with Crippen LogP contribution in [-0.4, -0.2) is 34.0 Å². The van der Waals surface area contributed by atoms with E-state index in [-0.39, 0.29) is 23.9 Å². The lowest BCUT2D eigenvalue weighted by atomic mass is 10.2. The van der Waals surface area contributed by atoms with Crippen LogP contribution in [0.15, 0.2) is 29.4 Å². The summed E-state index contributed by atoms with van der Waals surface area (Å²) < 4.78 is 42.1. The second-order valence-corrected chi connectivity index (χ2v) is 6.85. The molecule has 2 heterocycles. The zero-order valence-corrected chi connectivity index (χ0v) is 12.5. The van der Waals surface area contributed by atoms with E-state index in [0.717, 1.165) is 6.07 Å². The molecule has 1 aliphatic heterocycles. The third-order valence-corrected chi connectivity index (χ3v) is 5.54. The molecule has 9 heteroatoms. The number of hydrogen-bond acceptors (Lipinski definition) is 4. The van der Waals surface area contributed by atoms with Crippen LogP contribution in [-0.2, 0) is 29.0 Å². The molecule has 1 aromatic carbocycles. The number of sulfonamides is 1. The standard InChI is InChI=1S/C12H12ClFN4O2S/c13-6-9-1-2-10(14)11(5-9)21(19,20)18-4-3-17-8-15-16-12(17)7-18/h1-2,5,8H,3-4,6-7H2. The molecular formula is C12H12ClFN4O2S. The maximum absolute atomic E-state index is 13.9. The molecule has 0 saturated carbocycles. The summed E-state index contributed by atoms with van der Waals surface area (Å²) in [7, 11) is -3.93. The van der Waals surface area contributed by atoms with Gasteiger partial charge in [0.1, 0.15) is 22.9 Å². The summed E-state index contributed by atoms with van der Waals surface area (Å²) in [5.74, 6) is -0.119. The topological polar surface area (TPSA) is 68.1 Å². The van der Waals surface area contributed by atoms with Gasteiger partial charge < -0.3 is 4.57 Å². The van der Waals surface area contributed by atoms with Crippen molar-refractivity contribution in [3.8, 4) is 0 Å². The van der Waals surface area contributed by atoms with Crippen molar-refractivity contribution in [2.75, 3.05) is 6.54 Å². The first kappa shape index (κ1) is 14.4. The van der Waals surface area contributed by atoms with Crippen LogP contribution in [0.2, 0.25) is 0 Å². The average Bonchev–Trinajstić information content (AvgIpc) is 2.95. The number of fused-ring (bicyclic) bond motifs is 1. The summed E-state index contributed by atoms with van der Waals surface area (Å²) in [6.07, 6.45) is 1.55. The summed E-state index contributed by atoms with van der Waals surface area (Å²) in [6, 6.07) is 3.86. The molecule has 6 nitrogen and oxygen atoms in total. The Morgan fingerprint density at radius 2 is 2.14 bits per heavy atom. The van der Waals surface area contributed by atoms with Crippen LogP contribution in [0.4, 0.5) is 4.39 Å². The first-order chi connectivity index (χ1) is 10.0. The van der Waals surface area contributed by atoms with Gasteiger partial charge in [0.05, 0.1) is 6.54 Å². The van der Waals surface area contributed by atoms with Crippen molar-refractivity contribution in [1.29, 1.82) is 0 Å². The fourth-order valence-corrected chi connectivity index (χ4v) is 3.88. The highest BCUT2D eigenvalue weighted by Crippen LogP contribution is 2.24. The van der Waals surface area contributed by atoms with Gasteiger partial charge in [-0.05, 0) is 17.7 Å². The van der Waals surface area contributed by atoms with Crippen LogP contribution < -0.4 is 0 Å². The Labute approximate surface area is 126 Å². The monoisotopic (exact) mass is 330 g/mol. The zero-order valence-electron chi connectivity index (χ0n) is 10.9. The maximum Gasteiger partial charge on any atom is 0.246 e. The summed E-state index contributed by atoms with van der Waals surface area (Å²) >= 11 is 5.69. The van der Waals surface area contributed by atoms with E-state index >= 15 is 0 Å². The Balaban J connectivity index is 1.98. The molecule has 21 heavy (non-hydrogen) atoms. The van der Waals surface area contributed by atoms with Gasteiger partial charge in [0.25, 0.3) is 0 Å². The summed E-state index contributed by atoms with van der Waals surface area (Å²) in [5, 5.41) is 7.60. The van der Waals surface area contributed by atoms with E-state index in [1.54, 1.807) is 10.9 Å². The minimum absolute atomic E-state index is 0.0763. The van der Waals surface area contributed by atoms with Crippen molar-refractivity contribution in [2.24, 2.45) is 0 Å². The molecule has 1 aromatic heterocycles. The van der Waals surface area contributed by atoms with Gasteiger partial charge in [0.15, 0.2) is 0 Å². The Kier molecular flexibility index (Phi) is 3.68. The minimum atomic E-state index is -3.93. The molecule has 112 valence electrons. The first-order valence-corrected chi connectivity index (χ1v) is 8.21. The van der Waals surface area contributed by atoms with Gasteiger partial charge in [-0.1, -0.05) is 6.07 Å². The summed E-state index contributed by atoms with van der Waals surface area (Å²) in [4.78, 5) is -0.353. The van der Waals surface area contributed by atoms with Crippen molar-refractivity contribution in [3.05, 3.63) is 41.7 Å². The third-order valence-electron chi connectivity index (χ3n) is 3.37. The second-order valence-electron chi connectivity index (χ2n) is 4.68. The average molecular weight is 331 g/mol. The van der Waals surface area contributed by atoms with E-state index in [2.05, 4.69) is 10.2 Å². The molecule has 0 spiro atoms. The Morgan fingerprint density at radius 3 is 2.90 bits per heavy atom. The lowest BCUT2D eigenvalue weighted by Crippen LogP contribution is -2.38. The maximum atomic E-state index is 13.9. The molecule has 0 atom stereocenters. The Hall–Kier alpha value is -1.51. The molecule has 1 aliphatic rings. The highest BCUT2D eigenvalue weighted by Gasteiger charge is 2.31. The van der Waals surface area contributed by atoms with E-state index in [0.29, 0.717) is 17.9 Å². The lowest BCUT2D eigenvalue weighted by molar-refractivity contribution is 0.334. The normalized spacial score (nSPS) is 15.9. The molecule has 0 saturated heterocycles. The highest BCUT2D eigenvalue weighted by atomic mass is 35.5. The molecule has 0 bridgehead atoms. The lowest BCUT2D eigenvalue weighted by Gasteiger charge is -2.26. The SMILES string of the molecule is O=S(=O)(c1cc(CCl)ccc1F)N1CCn2cnnc2C1. The van der Waals surface area contributed by atoms with Crippen molar-refractivity contribution in [2.45, 2.75) is 23.9 Å². The highest BCUT2D eigenvalue weighted by molar-refractivity contribution is 7.89. The molecule has 3 rings (SSSR count). The third kappa shape index (κ3) is 2.54. The molecule has 0 unspecified atom stereocenters. The Bertz CT molecular complexity index is 777. The van der Waals surface area contributed by atoms with E-state index in [9.17, 15) is 12.8 Å².